The van der Waals surface area contributed by atoms with Gasteiger partial charge in [0.2, 0.25) is 0 Å². The Hall–Kier alpha value is -0.570. The van der Waals surface area contributed by atoms with Crippen LogP contribution in [0.3, 0.4) is 0 Å². The third-order valence-electron chi connectivity index (χ3n) is 3.69. The maximum Gasteiger partial charge on any atom is 0.323 e. The molecule has 1 atom stereocenters. The fourth-order valence-electron chi connectivity index (χ4n) is 2.52. The van der Waals surface area contributed by atoms with Crippen LogP contribution in [0.1, 0.15) is 45.4 Å². The smallest absolute Gasteiger partial charge is 0.323 e. The zero-order valence-electron chi connectivity index (χ0n) is 10.3. The van der Waals surface area contributed by atoms with Gasteiger partial charge in [-0.1, -0.05) is 19.3 Å². The van der Waals surface area contributed by atoms with E-state index in [1.165, 1.54) is 32.1 Å². The number of likely N-dealkylation sites (tertiary alicyclic amines) is 1. The fraction of sp³-hybridized carbons (Fsp3) is 0.923. The number of nitrogens with zero attached hydrogens (tertiary/aromatic N) is 1. The molecule has 1 heterocycles. The largest absolute Gasteiger partial charge is 0.465 e. The van der Waals surface area contributed by atoms with Gasteiger partial charge in [0.25, 0.3) is 0 Å². The van der Waals surface area contributed by atoms with Crippen molar-refractivity contribution in [2.24, 2.45) is 5.92 Å². The fourth-order valence-corrected chi connectivity index (χ4v) is 2.52. The van der Waals surface area contributed by atoms with E-state index in [4.69, 9.17) is 4.74 Å². The molecule has 2 fully saturated rings. The predicted molar refractivity (Wildman–Crippen MR) is 63.2 cm³/mol. The van der Waals surface area contributed by atoms with Crippen LogP contribution in [-0.4, -0.2) is 36.6 Å². The molecule has 0 aromatic rings. The Morgan fingerprint density at radius 3 is 2.81 bits per heavy atom. The van der Waals surface area contributed by atoms with Crippen molar-refractivity contribution in [3.63, 3.8) is 0 Å². The van der Waals surface area contributed by atoms with Gasteiger partial charge < -0.3 is 4.74 Å². The first-order valence-corrected chi connectivity index (χ1v) is 6.72. The predicted octanol–water partition coefficient (Wildman–Crippen LogP) is 2.20. The highest BCUT2D eigenvalue weighted by Gasteiger charge is 2.31. The minimum atomic E-state index is -0.00185. The summed E-state index contributed by atoms with van der Waals surface area (Å²) in [5.74, 6) is 0.947. The summed E-state index contributed by atoms with van der Waals surface area (Å²) in [4.78, 5) is 14.2. The summed E-state index contributed by atoms with van der Waals surface area (Å²) >= 11 is 0. The molecule has 1 saturated carbocycles. The monoisotopic (exact) mass is 225 g/mol. The van der Waals surface area contributed by atoms with E-state index in [2.05, 4.69) is 4.90 Å². The molecule has 1 saturated heterocycles. The Morgan fingerprint density at radius 2 is 2.12 bits per heavy atom. The number of hydrogen-bond donors (Lipinski definition) is 0. The SMILES string of the molecule is CCOC(=O)C1CCCCN1CCC1CC1. The molecule has 2 aliphatic rings. The zero-order chi connectivity index (χ0) is 11.4. The van der Waals surface area contributed by atoms with E-state index in [0.717, 1.165) is 25.4 Å². The minimum Gasteiger partial charge on any atom is -0.465 e. The molecule has 3 nitrogen and oxygen atoms in total. The van der Waals surface area contributed by atoms with Crippen molar-refractivity contribution in [2.45, 2.75) is 51.5 Å². The molecule has 0 amide bonds. The number of carbonyl (C=O) groups is 1. The highest BCUT2D eigenvalue weighted by Crippen LogP contribution is 2.33. The molecule has 0 radical (unpaired) electrons. The molecule has 0 bridgehead atoms. The van der Waals surface area contributed by atoms with Crippen molar-refractivity contribution >= 4 is 5.97 Å². The summed E-state index contributed by atoms with van der Waals surface area (Å²) in [7, 11) is 0. The molecule has 0 aromatic heterocycles. The van der Waals surface area contributed by atoms with Crippen LogP contribution >= 0.6 is 0 Å². The first kappa shape index (κ1) is 11.9. The molecular weight excluding hydrogens is 202 g/mol. The molecule has 92 valence electrons. The van der Waals surface area contributed by atoms with Gasteiger partial charge in [0.05, 0.1) is 6.61 Å². The second-order valence-corrected chi connectivity index (χ2v) is 5.03. The molecule has 1 aliphatic heterocycles. The van der Waals surface area contributed by atoms with Crippen molar-refractivity contribution in [1.29, 1.82) is 0 Å². The number of rotatable bonds is 5. The van der Waals surface area contributed by atoms with Crippen LogP contribution in [0.4, 0.5) is 0 Å². The van der Waals surface area contributed by atoms with Gasteiger partial charge in [0, 0.05) is 0 Å². The molecule has 2 rings (SSSR count). The van der Waals surface area contributed by atoms with Crippen LogP contribution in [0.2, 0.25) is 0 Å². The zero-order valence-corrected chi connectivity index (χ0v) is 10.3. The maximum absolute atomic E-state index is 11.8. The van der Waals surface area contributed by atoms with E-state index in [1.807, 2.05) is 6.92 Å². The van der Waals surface area contributed by atoms with Crippen LogP contribution in [0.25, 0.3) is 0 Å². The summed E-state index contributed by atoms with van der Waals surface area (Å²) in [5.41, 5.74) is 0. The average Bonchev–Trinajstić information content (AvgIpc) is 3.11. The van der Waals surface area contributed by atoms with Crippen LogP contribution in [0.15, 0.2) is 0 Å². The maximum atomic E-state index is 11.8. The van der Waals surface area contributed by atoms with Crippen molar-refractivity contribution < 1.29 is 9.53 Å². The lowest BCUT2D eigenvalue weighted by Crippen LogP contribution is -2.45. The summed E-state index contributed by atoms with van der Waals surface area (Å²) in [6.07, 6.45) is 7.47. The number of ether oxygens (including phenoxy) is 1. The summed E-state index contributed by atoms with van der Waals surface area (Å²) in [6.45, 7) is 4.56. The van der Waals surface area contributed by atoms with E-state index >= 15 is 0 Å². The van der Waals surface area contributed by atoms with Gasteiger partial charge in [-0.3, -0.25) is 9.69 Å². The van der Waals surface area contributed by atoms with E-state index in [1.54, 1.807) is 0 Å². The summed E-state index contributed by atoms with van der Waals surface area (Å²) in [6, 6.07) is 0.0486. The second kappa shape index (κ2) is 5.67. The highest BCUT2D eigenvalue weighted by atomic mass is 16.5. The van der Waals surface area contributed by atoms with E-state index in [9.17, 15) is 4.79 Å². The Balaban J connectivity index is 1.82. The highest BCUT2D eigenvalue weighted by molar-refractivity contribution is 5.75. The first-order valence-electron chi connectivity index (χ1n) is 6.72. The van der Waals surface area contributed by atoms with Crippen LogP contribution < -0.4 is 0 Å². The quantitative estimate of drug-likeness (QED) is 0.672. The molecule has 16 heavy (non-hydrogen) atoms. The number of esters is 1. The lowest BCUT2D eigenvalue weighted by atomic mass is 10.0. The van der Waals surface area contributed by atoms with E-state index in [0.29, 0.717) is 6.61 Å². The van der Waals surface area contributed by atoms with Crippen molar-refractivity contribution in [1.82, 2.24) is 4.90 Å². The topological polar surface area (TPSA) is 29.5 Å². The third-order valence-corrected chi connectivity index (χ3v) is 3.69. The molecule has 1 unspecified atom stereocenters. The van der Waals surface area contributed by atoms with Crippen molar-refractivity contribution in [2.75, 3.05) is 19.7 Å². The second-order valence-electron chi connectivity index (χ2n) is 5.03. The molecule has 3 heteroatoms. The van der Waals surface area contributed by atoms with Gasteiger partial charge in [-0.05, 0) is 45.2 Å². The first-order chi connectivity index (χ1) is 7.81. The molecule has 1 aliphatic carbocycles. The van der Waals surface area contributed by atoms with Gasteiger partial charge in [-0.15, -0.1) is 0 Å². The van der Waals surface area contributed by atoms with Gasteiger partial charge in [-0.2, -0.15) is 0 Å². The van der Waals surface area contributed by atoms with Gasteiger partial charge in [0.15, 0.2) is 0 Å². The van der Waals surface area contributed by atoms with E-state index < -0.39 is 0 Å². The Morgan fingerprint density at radius 1 is 1.31 bits per heavy atom. The normalized spacial score (nSPS) is 26.7. The van der Waals surface area contributed by atoms with Crippen LogP contribution in [0, 0.1) is 5.92 Å². The van der Waals surface area contributed by atoms with Crippen molar-refractivity contribution in [3.8, 4) is 0 Å². The standard InChI is InChI=1S/C13H23NO2/c1-2-16-13(15)12-5-3-4-9-14(12)10-8-11-6-7-11/h11-12H,2-10H2,1H3. The Labute approximate surface area is 98.1 Å². The number of hydrogen-bond acceptors (Lipinski definition) is 3. The lowest BCUT2D eigenvalue weighted by molar-refractivity contribution is -0.150. The van der Waals surface area contributed by atoms with E-state index in [-0.39, 0.29) is 12.0 Å². The van der Waals surface area contributed by atoms with Crippen LogP contribution in [-0.2, 0) is 9.53 Å². The molecular formula is C13H23NO2. The lowest BCUT2D eigenvalue weighted by Gasteiger charge is -2.33. The average molecular weight is 225 g/mol. The molecule has 0 aromatic carbocycles. The number of carbonyl (C=O) groups excluding carboxylic acids is 1. The Bertz CT molecular complexity index is 238. The van der Waals surface area contributed by atoms with Gasteiger partial charge in [0.1, 0.15) is 6.04 Å². The number of piperidine rings is 1. The van der Waals surface area contributed by atoms with Gasteiger partial charge >= 0.3 is 5.97 Å². The van der Waals surface area contributed by atoms with Crippen LogP contribution in [0.5, 0.6) is 0 Å². The molecule has 0 N–H and O–H groups in total. The minimum absolute atomic E-state index is 0.00185. The van der Waals surface area contributed by atoms with Gasteiger partial charge in [-0.25, -0.2) is 0 Å². The Kier molecular flexibility index (Phi) is 4.22. The third kappa shape index (κ3) is 3.21. The van der Waals surface area contributed by atoms with Crippen molar-refractivity contribution in [3.05, 3.63) is 0 Å². The summed E-state index contributed by atoms with van der Waals surface area (Å²) in [5, 5.41) is 0. The molecule has 0 spiro atoms. The summed E-state index contributed by atoms with van der Waals surface area (Å²) < 4.78 is 5.15.